The molecule has 0 amide bonds. The molecule has 0 spiro atoms. The molecule has 24 heavy (non-hydrogen) atoms. The number of esters is 1. The average molecular weight is 389 g/mol. The summed E-state index contributed by atoms with van der Waals surface area (Å²) in [5.74, 6) is 0.945. The summed E-state index contributed by atoms with van der Waals surface area (Å²) in [5.41, 5.74) is 1.69. The molecule has 3 heteroatoms. The van der Waals surface area contributed by atoms with Gasteiger partial charge in [-0.25, -0.2) is 0 Å². The monoisotopic (exact) mass is 390 g/mol. The van der Waals surface area contributed by atoms with Crippen molar-refractivity contribution in [1.29, 1.82) is 0 Å². The molecule has 3 fully saturated rings. The van der Waals surface area contributed by atoms with Crippen LogP contribution in [-0.2, 0) is 9.53 Å². The molecular weight excluding hydrogens is 363 g/mol. The van der Waals surface area contributed by atoms with Gasteiger partial charge in [0.05, 0.1) is 0 Å². The van der Waals surface area contributed by atoms with Crippen LogP contribution in [0.15, 0.2) is 42.5 Å². The molecule has 2 aliphatic carbocycles. The van der Waals surface area contributed by atoms with E-state index in [1.54, 1.807) is 0 Å². The first-order valence-electron chi connectivity index (χ1n) is 9.05. The van der Waals surface area contributed by atoms with Gasteiger partial charge in [0.25, 0.3) is 0 Å². The van der Waals surface area contributed by atoms with Gasteiger partial charge in [-0.2, -0.15) is 0 Å². The molecule has 0 unspecified atom stereocenters. The maximum absolute atomic E-state index is 12.8. The molecule has 3 aliphatic rings. The first-order chi connectivity index (χ1) is 11.4. The predicted octanol–water partition coefficient (Wildman–Crippen LogP) is 3.89. The molecule has 1 aliphatic heterocycles. The van der Waals surface area contributed by atoms with Crippen molar-refractivity contribution in [2.45, 2.75) is 56.4 Å². The van der Waals surface area contributed by atoms with Crippen LogP contribution in [0.25, 0.3) is 0 Å². The topological polar surface area (TPSA) is 26.3 Å². The second kappa shape index (κ2) is 5.74. The van der Waals surface area contributed by atoms with Crippen LogP contribution in [0.4, 0.5) is 0 Å². The Morgan fingerprint density at radius 2 is 2.00 bits per heavy atom. The fourth-order valence-electron chi connectivity index (χ4n) is 5.22. The Balaban J connectivity index is 1.64. The fourth-order valence-corrected chi connectivity index (χ4v) is 7.98. The summed E-state index contributed by atoms with van der Waals surface area (Å²) in [6, 6.07) is 10.5. The van der Waals surface area contributed by atoms with Crippen LogP contribution in [0.3, 0.4) is 0 Å². The van der Waals surface area contributed by atoms with E-state index in [0.29, 0.717) is 11.8 Å². The van der Waals surface area contributed by atoms with Gasteiger partial charge in [-0.1, -0.05) is 0 Å². The quantitative estimate of drug-likeness (QED) is 0.436. The van der Waals surface area contributed by atoms with Gasteiger partial charge in [-0.15, -0.1) is 0 Å². The van der Waals surface area contributed by atoms with Crippen molar-refractivity contribution in [2.24, 2.45) is 17.3 Å². The number of allylic oxidation sites excluding steroid dienone is 1. The number of ether oxygens (including phenoxy) is 1. The van der Waals surface area contributed by atoms with Crippen LogP contribution in [0.2, 0.25) is 4.31 Å². The van der Waals surface area contributed by atoms with E-state index >= 15 is 0 Å². The van der Waals surface area contributed by atoms with E-state index in [1.165, 1.54) is 22.9 Å². The molecule has 1 aromatic carbocycles. The second-order valence-corrected chi connectivity index (χ2v) is 11.4. The van der Waals surface area contributed by atoms with E-state index in [2.05, 4.69) is 44.7 Å². The number of hydrogen-bond donors (Lipinski definition) is 0. The normalized spacial score (nSPS) is 41.5. The molecule has 0 radical (unpaired) electrons. The Bertz CT molecular complexity index is 670. The van der Waals surface area contributed by atoms with Crippen molar-refractivity contribution in [3.05, 3.63) is 42.5 Å². The number of carbonyl (C=O) groups is 1. The molecule has 0 aromatic heterocycles. The molecule has 1 aromatic rings. The summed E-state index contributed by atoms with van der Waals surface area (Å²) in [5, 5.41) is 0. The van der Waals surface area contributed by atoms with E-state index in [4.69, 9.17) is 4.74 Å². The zero-order valence-electron chi connectivity index (χ0n) is 14.6. The molecule has 0 bridgehead atoms. The number of benzene rings is 1. The van der Waals surface area contributed by atoms with Gasteiger partial charge in [0, 0.05) is 0 Å². The summed E-state index contributed by atoms with van der Waals surface area (Å²) >= 11 is 0.106. The molecular formula is C21H26O2Se. The summed E-state index contributed by atoms with van der Waals surface area (Å²) in [4.78, 5) is 12.8. The molecule has 128 valence electrons. The maximum atomic E-state index is 12.8. The molecule has 4 rings (SSSR count). The molecule has 0 N–H and O–H groups in total. The average Bonchev–Trinajstić information content (AvgIpc) is 2.76. The van der Waals surface area contributed by atoms with Crippen LogP contribution in [0.1, 0.15) is 46.0 Å². The molecule has 1 heterocycles. The Labute approximate surface area is 151 Å². The molecule has 2 saturated carbocycles. The van der Waals surface area contributed by atoms with Gasteiger partial charge < -0.3 is 0 Å². The standard InChI is InChI=1S/C21H26O2Se/c1-14-8-7-11-20(2)13-18-17(12-16(14)20)21(3,19(22)23-18)24-15-9-5-4-6-10-15/h4-6,9-10,16-18H,1,7-8,11-13H2,2-3H3/t16-,17-,18-,20+,21-/m0/s1. The van der Waals surface area contributed by atoms with E-state index in [1.807, 2.05) is 6.07 Å². The zero-order valence-corrected chi connectivity index (χ0v) is 16.3. The van der Waals surface area contributed by atoms with Gasteiger partial charge >= 0.3 is 151 Å². The first kappa shape index (κ1) is 16.4. The second-order valence-electron chi connectivity index (χ2n) is 8.23. The van der Waals surface area contributed by atoms with Crippen molar-refractivity contribution >= 4 is 25.4 Å². The minimum atomic E-state index is -0.335. The van der Waals surface area contributed by atoms with Crippen LogP contribution >= 0.6 is 0 Å². The van der Waals surface area contributed by atoms with Crippen molar-refractivity contribution in [3.63, 3.8) is 0 Å². The van der Waals surface area contributed by atoms with Crippen LogP contribution in [0.5, 0.6) is 0 Å². The fraction of sp³-hybridized carbons (Fsp3) is 0.571. The SMILES string of the molecule is C=C1CCC[C@]2(C)C[C@@H]3OC(=O)[C@@](C)([Se]c4ccccc4)[C@H]3C[C@@H]12. The van der Waals surface area contributed by atoms with Gasteiger partial charge in [-0.3, -0.25) is 0 Å². The van der Waals surface area contributed by atoms with Crippen molar-refractivity contribution < 1.29 is 9.53 Å². The first-order valence-corrected chi connectivity index (χ1v) is 10.8. The number of carbonyl (C=O) groups excluding carboxylic acids is 1. The number of fused-ring (bicyclic) bond motifs is 2. The Hall–Kier alpha value is -1.05. The summed E-state index contributed by atoms with van der Waals surface area (Å²) in [7, 11) is 0. The zero-order chi connectivity index (χ0) is 16.9. The Morgan fingerprint density at radius 1 is 1.25 bits per heavy atom. The molecule has 2 nitrogen and oxygen atoms in total. The van der Waals surface area contributed by atoms with Gasteiger partial charge in [-0.05, 0) is 0 Å². The third-order valence-corrected chi connectivity index (χ3v) is 9.57. The number of rotatable bonds is 2. The van der Waals surface area contributed by atoms with E-state index in [0.717, 1.165) is 19.3 Å². The van der Waals surface area contributed by atoms with E-state index < -0.39 is 0 Å². The van der Waals surface area contributed by atoms with Crippen LogP contribution < -0.4 is 4.46 Å². The molecule has 5 atom stereocenters. The third kappa shape index (κ3) is 2.48. The van der Waals surface area contributed by atoms with E-state index in [-0.39, 0.29) is 36.8 Å². The van der Waals surface area contributed by atoms with Gasteiger partial charge in [0.1, 0.15) is 0 Å². The van der Waals surface area contributed by atoms with Crippen molar-refractivity contribution in [3.8, 4) is 0 Å². The van der Waals surface area contributed by atoms with Crippen LogP contribution in [-0.4, -0.2) is 27.0 Å². The van der Waals surface area contributed by atoms with Gasteiger partial charge in [0.2, 0.25) is 0 Å². The summed E-state index contributed by atoms with van der Waals surface area (Å²) in [6.07, 6.45) is 5.86. The van der Waals surface area contributed by atoms with E-state index in [9.17, 15) is 4.79 Å². The minimum absolute atomic E-state index is 0.0363. The number of hydrogen-bond acceptors (Lipinski definition) is 2. The van der Waals surface area contributed by atoms with Gasteiger partial charge in [0.15, 0.2) is 0 Å². The Kier molecular flexibility index (Phi) is 3.93. The van der Waals surface area contributed by atoms with Crippen molar-refractivity contribution in [2.75, 3.05) is 0 Å². The Morgan fingerprint density at radius 3 is 2.75 bits per heavy atom. The summed E-state index contributed by atoms with van der Waals surface area (Å²) < 4.78 is 6.91. The van der Waals surface area contributed by atoms with Crippen molar-refractivity contribution in [1.82, 2.24) is 0 Å². The predicted molar refractivity (Wildman–Crippen MR) is 97.4 cm³/mol. The van der Waals surface area contributed by atoms with Crippen LogP contribution in [0, 0.1) is 17.3 Å². The third-order valence-electron chi connectivity index (χ3n) is 6.63. The molecule has 1 saturated heterocycles. The summed E-state index contributed by atoms with van der Waals surface area (Å²) in [6.45, 7) is 8.93.